The lowest BCUT2D eigenvalue weighted by Crippen LogP contribution is -1.92. The number of benzene rings is 1. The Morgan fingerprint density at radius 3 is 2.93 bits per heavy atom. The molecule has 0 saturated heterocycles. The Kier molecular flexibility index (Phi) is 2.14. The van der Waals surface area contributed by atoms with E-state index in [9.17, 15) is 0 Å². The monoisotopic (exact) mass is 204 g/mol. The molecule has 2 rings (SSSR count). The lowest BCUT2D eigenvalue weighted by molar-refractivity contribution is 1.41. The van der Waals surface area contributed by atoms with Crippen LogP contribution in [0.1, 0.15) is 5.56 Å². The lowest BCUT2D eigenvalue weighted by Gasteiger charge is -2.04. The Morgan fingerprint density at radius 1 is 1.43 bits per heavy atom. The number of fused-ring (bicyclic) bond motifs is 1. The molecule has 2 N–H and O–H groups in total. The largest absolute Gasteiger partial charge is 0.384 e. The highest BCUT2D eigenvalue weighted by atomic mass is 35.5. The number of hydrogen-bond acceptors (Lipinski definition) is 2. The summed E-state index contributed by atoms with van der Waals surface area (Å²) in [6.07, 6.45) is 1.75. The Labute approximate surface area is 87.0 Å². The molecule has 0 spiro atoms. The number of pyridine rings is 1. The second-order valence-electron chi connectivity index (χ2n) is 2.98. The van der Waals surface area contributed by atoms with E-state index < -0.39 is 0 Å². The van der Waals surface area contributed by atoms with Gasteiger partial charge < -0.3 is 5.73 Å². The average molecular weight is 205 g/mol. The predicted octanol–water partition coefficient (Wildman–Crippen LogP) is 3.11. The third-order valence-electron chi connectivity index (χ3n) is 2.06. The number of nitrogens with two attached hydrogens (primary N) is 1. The highest BCUT2D eigenvalue weighted by Gasteiger charge is 2.04. The third-order valence-corrected chi connectivity index (χ3v) is 2.37. The predicted molar refractivity (Wildman–Crippen MR) is 61.3 cm³/mol. The summed E-state index contributed by atoms with van der Waals surface area (Å²) in [4.78, 5) is 4.18. The molecule has 0 aliphatic rings. The van der Waals surface area contributed by atoms with Crippen LogP contribution >= 0.6 is 11.6 Å². The van der Waals surface area contributed by atoms with E-state index in [1.807, 2.05) is 12.1 Å². The van der Waals surface area contributed by atoms with Crippen LogP contribution in [-0.2, 0) is 0 Å². The van der Waals surface area contributed by atoms with E-state index in [1.165, 1.54) is 0 Å². The van der Waals surface area contributed by atoms with E-state index in [4.69, 9.17) is 17.3 Å². The van der Waals surface area contributed by atoms with Crippen molar-refractivity contribution in [2.24, 2.45) is 0 Å². The summed E-state index contributed by atoms with van der Waals surface area (Å²) in [6, 6.07) is 7.41. The fourth-order valence-electron chi connectivity index (χ4n) is 1.43. The number of nitrogens with zero attached hydrogens (tertiary/aromatic N) is 1. The first-order chi connectivity index (χ1) is 6.72. The minimum absolute atomic E-state index is 0.459. The molecule has 2 aromatic rings. The highest BCUT2D eigenvalue weighted by Crippen LogP contribution is 2.26. The van der Waals surface area contributed by atoms with Crippen molar-refractivity contribution in [3.05, 3.63) is 41.4 Å². The number of anilines is 1. The number of nitrogen functional groups attached to an aromatic ring is 1. The molecule has 0 saturated carbocycles. The second-order valence-corrected chi connectivity index (χ2v) is 3.38. The summed E-state index contributed by atoms with van der Waals surface area (Å²) in [5, 5.41) is 1.58. The van der Waals surface area contributed by atoms with Crippen molar-refractivity contribution in [2.45, 2.75) is 0 Å². The molecular weight excluding hydrogens is 196 g/mol. The molecule has 70 valence electrons. The van der Waals surface area contributed by atoms with Crippen LogP contribution in [0, 0.1) is 0 Å². The molecule has 0 radical (unpaired) electrons. The van der Waals surface area contributed by atoms with Gasteiger partial charge in [-0.15, -0.1) is 0 Å². The summed E-state index contributed by atoms with van der Waals surface area (Å²) >= 11 is 6.01. The van der Waals surface area contributed by atoms with Gasteiger partial charge in [0.1, 0.15) is 5.82 Å². The summed E-state index contributed by atoms with van der Waals surface area (Å²) < 4.78 is 0. The molecule has 0 atom stereocenters. The van der Waals surface area contributed by atoms with Crippen molar-refractivity contribution < 1.29 is 0 Å². The second kappa shape index (κ2) is 3.31. The van der Waals surface area contributed by atoms with Crippen LogP contribution in [0.4, 0.5) is 5.82 Å². The first kappa shape index (κ1) is 9.03. The van der Waals surface area contributed by atoms with Gasteiger partial charge in [0.2, 0.25) is 0 Å². The lowest BCUT2D eigenvalue weighted by atomic mass is 10.1. The van der Waals surface area contributed by atoms with E-state index in [0.29, 0.717) is 10.8 Å². The highest BCUT2D eigenvalue weighted by molar-refractivity contribution is 6.35. The van der Waals surface area contributed by atoms with Gasteiger partial charge in [0.25, 0.3) is 0 Å². The molecule has 0 fully saturated rings. The summed E-state index contributed by atoms with van der Waals surface area (Å²) in [5.74, 6) is 0.459. The first-order valence-corrected chi connectivity index (χ1v) is 4.57. The van der Waals surface area contributed by atoms with Gasteiger partial charge in [-0.3, -0.25) is 0 Å². The molecule has 0 amide bonds. The molecule has 0 aliphatic carbocycles. The Balaban J connectivity index is 2.94. The normalized spacial score (nSPS) is 10.4. The maximum Gasteiger partial charge on any atom is 0.124 e. The molecule has 2 nitrogen and oxygen atoms in total. The minimum atomic E-state index is 0.459. The van der Waals surface area contributed by atoms with Crippen molar-refractivity contribution in [3.8, 4) is 0 Å². The van der Waals surface area contributed by atoms with Gasteiger partial charge in [-0.25, -0.2) is 4.98 Å². The van der Waals surface area contributed by atoms with E-state index >= 15 is 0 Å². The molecule has 1 aromatic carbocycles. The van der Waals surface area contributed by atoms with Crippen molar-refractivity contribution in [3.63, 3.8) is 0 Å². The van der Waals surface area contributed by atoms with Crippen molar-refractivity contribution in [1.29, 1.82) is 0 Å². The fraction of sp³-hybridized carbons (Fsp3) is 0. The van der Waals surface area contributed by atoms with Gasteiger partial charge in [-0.2, -0.15) is 0 Å². The number of para-hydroxylation sites is 1. The fourth-order valence-corrected chi connectivity index (χ4v) is 1.65. The molecular formula is C11H9ClN2. The van der Waals surface area contributed by atoms with Crippen LogP contribution in [0.25, 0.3) is 17.0 Å². The zero-order valence-corrected chi connectivity index (χ0v) is 8.25. The average Bonchev–Trinajstić information content (AvgIpc) is 2.18. The number of rotatable bonds is 1. The molecule has 3 heteroatoms. The number of hydrogen-bond donors (Lipinski definition) is 1. The molecule has 1 heterocycles. The van der Waals surface area contributed by atoms with E-state index in [-0.39, 0.29) is 0 Å². The van der Waals surface area contributed by atoms with E-state index in [0.717, 1.165) is 16.5 Å². The summed E-state index contributed by atoms with van der Waals surface area (Å²) in [7, 11) is 0. The maximum atomic E-state index is 6.01. The third kappa shape index (κ3) is 1.34. The van der Waals surface area contributed by atoms with Gasteiger partial charge in [-0.1, -0.05) is 36.4 Å². The van der Waals surface area contributed by atoms with Crippen LogP contribution in [0.15, 0.2) is 30.8 Å². The molecule has 1 aromatic heterocycles. The minimum Gasteiger partial charge on any atom is -0.384 e. The standard InChI is InChI=1S/C11H9ClN2/c1-2-7-6-10(13)14-11-8(7)4-3-5-9(11)12/h2-6H,1H2,(H2,13,14). The molecule has 0 bridgehead atoms. The Bertz CT molecular complexity index is 506. The van der Waals surface area contributed by atoms with Crippen molar-refractivity contribution in [1.82, 2.24) is 4.98 Å². The SMILES string of the molecule is C=Cc1cc(N)nc2c(Cl)cccc12. The zero-order chi connectivity index (χ0) is 10.1. The van der Waals surface area contributed by atoms with Crippen LogP contribution < -0.4 is 5.73 Å². The molecule has 14 heavy (non-hydrogen) atoms. The van der Waals surface area contributed by atoms with Gasteiger partial charge in [0, 0.05) is 5.39 Å². The maximum absolute atomic E-state index is 6.01. The van der Waals surface area contributed by atoms with Gasteiger partial charge >= 0.3 is 0 Å². The summed E-state index contributed by atoms with van der Waals surface area (Å²) in [5.41, 5.74) is 7.33. The van der Waals surface area contributed by atoms with Crippen LogP contribution in [0.3, 0.4) is 0 Å². The number of halogens is 1. The van der Waals surface area contributed by atoms with E-state index in [2.05, 4.69) is 11.6 Å². The van der Waals surface area contributed by atoms with Gasteiger partial charge in [0.15, 0.2) is 0 Å². The first-order valence-electron chi connectivity index (χ1n) is 4.19. The topological polar surface area (TPSA) is 38.9 Å². The van der Waals surface area contributed by atoms with Crippen molar-refractivity contribution in [2.75, 3.05) is 5.73 Å². The van der Waals surface area contributed by atoms with Crippen LogP contribution in [0.2, 0.25) is 5.02 Å². The van der Waals surface area contributed by atoms with E-state index in [1.54, 1.807) is 18.2 Å². The zero-order valence-electron chi connectivity index (χ0n) is 7.50. The van der Waals surface area contributed by atoms with Crippen molar-refractivity contribution >= 4 is 34.4 Å². The molecule has 0 aliphatic heterocycles. The van der Waals surface area contributed by atoms with Crippen LogP contribution in [-0.4, -0.2) is 4.98 Å². The number of aromatic nitrogens is 1. The Morgan fingerprint density at radius 2 is 2.21 bits per heavy atom. The smallest absolute Gasteiger partial charge is 0.124 e. The van der Waals surface area contributed by atoms with Gasteiger partial charge in [0.05, 0.1) is 10.5 Å². The quantitative estimate of drug-likeness (QED) is 0.775. The molecule has 0 unspecified atom stereocenters. The van der Waals surface area contributed by atoms with Gasteiger partial charge in [-0.05, 0) is 17.7 Å². The summed E-state index contributed by atoms with van der Waals surface area (Å²) in [6.45, 7) is 3.73. The Hall–Kier alpha value is -1.54. The van der Waals surface area contributed by atoms with Crippen LogP contribution in [0.5, 0.6) is 0 Å².